The molecule has 3 heterocycles. The van der Waals surface area contributed by atoms with Crippen LogP contribution in [0, 0.1) is 0 Å². The molecule has 2 aliphatic heterocycles. The van der Waals surface area contributed by atoms with Gasteiger partial charge in [0.1, 0.15) is 5.82 Å². The van der Waals surface area contributed by atoms with Crippen LogP contribution >= 0.6 is 0 Å². The molecule has 2 saturated heterocycles. The highest BCUT2D eigenvalue weighted by Gasteiger charge is 2.28. The minimum atomic E-state index is 0.133. The normalized spacial score (nSPS) is 21.5. The van der Waals surface area contributed by atoms with Crippen molar-refractivity contribution in [1.29, 1.82) is 0 Å². The van der Waals surface area contributed by atoms with E-state index in [9.17, 15) is 4.79 Å². The van der Waals surface area contributed by atoms with Gasteiger partial charge in [0.2, 0.25) is 0 Å². The number of nitrogens with zero attached hydrogens (tertiary/aromatic N) is 3. The molecule has 1 aromatic heterocycles. The third-order valence-corrected chi connectivity index (χ3v) is 5.08. The topological polar surface area (TPSA) is 45.7 Å². The number of hydrogen-bond donors (Lipinski definition) is 0. The summed E-state index contributed by atoms with van der Waals surface area (Å²) in [5.41, 5.74) is 1.66. The quantitative estimate of drug-likeness (QED) is 0.852. The van der Waals surface area contributed by atoms with Gasteiger partial charge >= 0.3 is 0 Å². The van der Waals surface area contributed by atoms with E-state index >= 15 is 0 Å². The van der Waals surface area contributed by atoms with Crippen LogP contribution < -0.4 is 4.90 Å². The van der Waals surface area contributed by atoms with Crippen molar-refractivity contribution in [2.45, 2.75) is 25.8 Å². The number of carbonyl (C=O) groups excluding carboxylic acids is 1. The van der Waals surface area contributed by atoms with E-state index in [0.29, 0.717) is 19.3 Å². The fraction of sp³-hybridized carbons (Fsp3) is 0.474. The zero-order valence-corrected chi connectivity index (χ0v) is 14.1. The van der Waals surface area contributed by atoms with Crippen molar-refractivity contribution in [1.82, 2.24) is 9.88 Å². The van der Waals surface area contributed by atoms with Crippen molar-refractivity contribution in [2.75, 3.05) is 37.7 Å². The Morgan fingerprint density at radius 3 is 2.75 bits per heavy atom. The minimum Gasteiger partial charge on any atom is -0.378 e. The lowest BCUT2D eigenvalue weighted by Gasteiger charge is -2.29. The molecule has 1 unspecified atom stereocenters. The molecule has 0 radical (unpaired) electrons. The maximum atomic E-state index is 13.2. The lowest BCUT2D eigenvalue weighted by molar-refractivity contribution is 0.0749. The molecule has 1 atom stereocenters. The number of anilines is 1. The molecule has 2 fully saturated rings. The largest absolute Gasteiger partial charge is 0.378 e. The van der Waals surface area contributed by atoms with E-state index in [-0.39, 0.29) is 5.91 Å². The fourth-order valence-corrected chi connectivity index (χ4v) is 3.68. The zero-order chi connectivity index (χ0) is 16.5. The molecule has 5 nitrogen and oxygen atoms in total. The summed E-state index contributed by atoms with van der Waals surface area (Å²) in [6, 6.07) is 10.2. The van der Waals surface area contributed by atoms with E-state index in [1.807, 2.05) is 35.2 Å². The summed E-state index contributed by atoms with van der Waals surface area (Å²) in [7, 11) is 0. The summed E-state index contributed by atoms with van der Waals surface area (Å²) in [6.45, 7) is 6.04. The Labute approximate surface area is 142 Å². The molecule has 0 N–H and O–H groups in total. The van der Waals surface area contributed by atoms with Crippen LogP contribution in [0.15, 0.2) is 30.3 Å². The summed E-state index contributed by atoms with van der Waals surface area (Å²) >= 11 is 0. The molecule has 1 aromatic carbocycles. The fourth-order valence-electron chi connectivity index (χ4n) is 3.68. The predicted molar refractivity (Wildman–Crippen MR) is 94.5 cm³/mol. The first kappa shape index (κ1) is 15.4. The minimum absolute atomic E-state index is 0.133. The summed E-state index contributed by atoms with van der Waals surface area (Å²) in [5, 5.41) is 0.943. The van der Waals surface area contributed by atoms with Crippen molar-refractivity contribution >= 4 is 22.6 Å². The lowest BCUT2D eigenvalue weighted by atomic mass is 10.1. The van der Waals surface area contributed by atoms with Crippen LogP contribution in [-0.4, -0.2) is 54.7 Å². The number of benzene rings is 1. The van der Waals surface area contributed by atoms with Crippen molar-refractivity contribution < 1.29 is 9.53 Å². The van der Waals surface area contributed by atoms with Gasteiger partial charge in [-0.15, -0.1) is 0 Å². The van der Waals surface area contributed by atoms with Crippen LogP contribution in [0.1, 0.15) is 30.1 Å². The van der Waals surface area contributed by atoms with Crippen molar-refractivity contribution in [3.63, 3.8) is 0 Å². The van der Waals surface area contributed by atoms with E-state index in [1.54, 1.807) is 0 Å². The number of likely N-dealkylation sites (tertiary alicyclic amines) is 1. The molecule has 126 valence electrons. The van der Waals surface area contributed by atoms with Gasteiger partial charge < -0.3 is 14.5 Å². The third-order valence-electron chi connectivity index (χ3n) is 5.08. The van der Waals surface area contributed by atoms with Crippen LogP contribution in [-0.2, 0) is 4.74 Å². The number of rotatable bonds is 2. The van der Waals surface area contributed by atoms with E-state index < -0.39 is 0 Å². The third kappa shape index (κ3) is 2.73. The number of ether oxygens (including phenoxy) is 1. The number of morpholine rings is 1. The van der Waals surface area contributed by atoms with Gasteiger partial charge in [0.15, 0.2) is 0 Å². The van der Waals surface area contributed by atoms with E-state index in [4.69, 9.17) is 9.72 Å². The Morgan fingerprint density at radius 2 is 2.00 bits per heavy atom. The number of fused-ring (bicyclic) bond motifs is 1. The first-order chi connectivity index (χ1) is 11.7. The van der Waals surface area contributed by atoms with E-state index in [0.717, 1.165) is 54.8 Å². The van der Waals surface area contributed by atoms with Gasteiger partial charge in [-0.25, -0.2) is 4.98 Å². The Morgan fingerprint density at radius 1 is 1.21 bits per heavy atom. The summed E-state index contributed by atoms with van der Waals surface area (Å²) < 4.78 is 5.44. The molecule has 0 bridgehead atoms. The molecule has 2 aromatic rings. The van der Waals surface area contributed by atoms with Gasteiger partial charge in [-0.05, 0) is 31.9 Å². The molecule has 24 heavy (non-hydrogen) atoms. The van der Waals surface area contributed by atoms with Crippen LogP contribution in [0.5, 0.6) is 0 Å². The highest BCUT2D eigenvalue weighted by Crippen LogP contribution is 2.27. The van der Waals surface area contributed by atoms with Crippen LogP contribution in [0.3, 0.4) is 0 Å². The van der Waals surface area contributed by atoms with Gasteiger partial charge in [0.05, 0.1) is 24.3 Å². The smallest absolute Gasteiger partial charge is 0.254 e. The molecule has 0 spiro atoms. The highest BCUT2D eigenvalue weighted by atomic mass is 16.5. The Balaban J connectivity index is 1.78. The highest BCUT2D eigenvalue weighted by molar-refractivity contribution is 6.07. The number of hydrogen-bond acceptors (Lipinski definition) is 4. The molecular formula is C19H23N3O2. The SMILES string of the molecule is CC1CCCN1C(=O)c1cc(N2CCOCC2)nc2ccccc12. The maximum absolute atomic E-state index is 13.2. The average molecular weight is 325 g/mol. The van der Waals surface area contributed by atoms with E-state index in [1.165, 1.54) is 0 Å². The molecule has 5 heteroatoms. The summed E-state index contributed by atoms with van der Waals surface area (Å²) in [5.74, 6) is 1.01. The van der Waals surface area contributed by atoms with Crippen molar-refractivity contribution in [2.24, 2.45) is 0 Å². The second kappa shape index (κ2) is 6.40. The lowest BCUT2D eigenvalue weighted by Crippen LogP contribution is -2.37. The van der Waals surface area contributed by atoms with Crippen molar-refractivity contribution in [3.05, 3.63) is 35.9 Å². The average Bonchev–Trinajstić information content (AvgIpc) is 3.07. The van der Waals surface area contributed by atoms with Crippen LogP contribution in [0.25, 0.3) is 10.9 Å². The molecule has 1 amide bonds. The Hall–Kier alpha value is -2.14. The number of pyridine rings is 1. The maximum Gasteiger partial charge on any atom is 0.254 e. The standard InChI is InChI=1S/C19H23N3O2/c1-14-5-4-8-22(14)19(23)16-13-18(21-9-11-24-12-10-21)20-17-7-3-2-6-15(16)17/h2-3,6-7,13-14H,4-5,8-12H2,1H3. The number of carbonyl (C=O) groups is 1. The number of aromatic nitrogens is 1. The van der Waals surface area contributed by atoms with Gasteiger partial charge in [-0.3, -0.25) is 4.79 Å². The van der Waals surface area contributed by atoms with Gasteiger partial charge in [0.25, 0.3) is 5.91 Å². The van der Waals surface area contributed by atoms with Gasteiger partial charge in [0, 0.05) is 31.1 Å². The molecule has 2 aliphatic rings. The monoisotopic (exact) mass is 325 g/mol. The second-order valence-electron chi connectivity index (χ2n) is 6.63. The van der Waals surface area contributed by atoms with Gasteiger partial charge in [-0.1, -0.05) is 18.2 Å². The molecule has 0 aliphatic carbocycles. The van der Waals surface area contributed by atoms with Gasteiger partial charge in [-0.2, -0.15) is 0 Å². The molecule has 4 rings (SSSR count). The Kier molecular flexibility index (Phi) is 4.10. The van der Waals surface area contributed by atoms with E-state index in [2.05, 4.69) is 11.8 Å². The van der Waals surface area contributed by atoms with Crippen LogP contribution in [0.2, 0.25) is 0 Å². The first-order valence-electron chi connectivity index (χ1n) is 8.77. The molecular weight excluding hydrogens is 302 g/mol. The first-order valence-corrected chi connectivity index (χ1v) is 8.77. The number of para-hydroxylation sites is 1. The van der Waals surface area contributed by atoms with Crippen molar-refractivity contribution in [3.8, 4) is 0 Å². The predicted octanol–water partition coefficient (Wildman–Crippen LogP) is 2.70. The molecule has 0 saturated carbocycles. The summed E-state index contributed by atoms with van der Waals surface area (Å²) in [6.07, 6.45) is 2.18. The Bertz CT molecular complexity index is 755. The summed E-state index contributed by atoms with van der Waals surface area (Å²) in [4.78, 5) is 22.2. The van der Waals surface area contributed by atoms with Crippen LogP contribution in [0.4, 0.5) is 5.82 Å². The number of amides is 1. The second-order valence-corrected chi connectivity index (χ2v) is 6.63. The zero-order valence-electron chi connectivity index (χ0n) is 14.1.